The number of nitrogens with one attached hydrogen (secondary N) is 1. The molecule has 2 heterocycles. The highest BCUT2D eigenvalue weighted by Crippen LogP contribution is 2.27. The number of rotatable bonds is 7. The van der Waals surface area contributed by atoms with Gasteiger partial charge >= 0.3 is 6.09 Å². The van der Waals surface area contributed by atoms with Crippen LogP contribution in [0.2, 0.25) is 0 Å². The normalized spacial score (nSPS) is 18.3. The molecule has 0 saturated carbocycles. The summed E-state index contributed by atoms with van der Waals surface area (Å²) in [6.07, 6.45) is 9.07. The van der Waals surface area contributed by atoms with Crippen LogP contribution in [-0.4, -0.2) is 39.3 Å². The number of ether oxygens (including phenoxy) is 1. The van der Waals surface area contributed by atoms with Crippen molar-refractivity contribution in [3.8, 4) is 0 Å². The Morgan fingerprint density at radius 2 is 2.09 bits per heavy atom. The van der Waals surface area contributed by atoms with Gasteiger partial charge in [0.25, 0.3) is 0 Å². The molecule has 1 unspecified atom stereocenters. The second-order valence-corrected chi connectivity index (χ2v) is 8.90. The van der Waals surface area contributed by atoms with Crippen LogP contribution in [0.3, 0.4) is 0 Å². The molecule has 2 atom stereocenters. The van der Waals surface area contributed by atoms with Gasteiger partial charge in [0.2, 0.25) is 0 Å². The predicted molar refractivity (Wildman–Crippen MR) is 128 cm³/mol. The number of carbonyl (C=O) groups excluding carboxylic acids is 1. The summed E-state index contributed by atoms with van der Waals surface area (Å²) in [6.45, 7) is 4.82. The number of benzene rings is 2. The summed E-state index contributed by atoms with van der Waals surface area (Å²) in [4.78, 5) is 18.0. The fraction of sp³-hybridized carbons (Fsp3) is 0.370. The molecule has 1 aliphatic rings. The Kier molecular flexibility index (Phi) is 6.66. The quantitative estimate of drug-likeness (QED) is 0.504. The number of amides is 1. The number of H-pyrrole nitrogens is 1. The zero-order valence-corrected chi connectivity index (χ0v) is 18.9. The number of aromatic amines is 1. The molecule has 1 amide bonds. The van der Waals surface area contributed by atoms with Crippen molar-refractivity contribution in [2.24, 2.45) is 0 Å². The molecule has 4 rings (SSSR count). The maximum atomic E-state index is 12.7. The van der Waals surface area contributed by atoms with Crippen molar-refractivity contribution in [1.82, 2.24) is 9.88 Å². The summed E-state index contributed by atoms with van der Waals surface area (Å²) >= 11 is 0. The number of hydrogen-bond acceptors (Lipinski definition) is 3. The van der Waals surface area contributed by atoms with Crippen molar-refractivity contribution in [1.29, 1.82) is 0 Å². The van der Waals surface area contributed by atoms with Crippen LogP contribution in [0.25, 0.3) is 17.0 Å². The van der Waals surface area contributed by atoms with Crippen molar-refractivity contribution < 1.29 is 14.6 Å². The third-order valence-electron chi connectivity index (χ3n) is 6.41. The number of carbonyl (C=O) groups is 1. The van der Waals surface area contributed by atoms with Crippen molar-refractivity contribution in [2.75, 3.05) is 6.54 Å². The van der Waals surface area contributed by atoms with Gasteiger partial charge in [0.05, 0.1) is 5.60 Å². The lowest BCUT2D eigenvalue weighted by atomic mass is 9.99. The topological polar surface area (TPSA) is 65.6 Å². The Morgan fingerprint density at radius 3 is 2.88 bits per heavy atom. The molecule has 1 saturated heterocycles. The van der Waals surface area contributed by atoms with E-state index < -0.39 is 5.60 Å². The summed E-state index contributed by atoms with van der Waals surface area (Å²) in [6, 6.07) is 16.2. The number of likely N-dealkylation sites (tertiary alicyclic amines) is 1. The Morgan fingerprint density at radius 1 is 1.28 bits per heavy atom. The predicted octanol–water partition coefficient (Wildman–Crippen LogP) is 5.69. The van der Waals surface area contributed by atoms with E-state index in [1.54, 1.807) is 0 Å². The molecular formula is C27H32N2O3. The molecule has 1 aromatic heterocycles. The van der Waals surface area contributed by atoms with Crippen LogP contribution in [0.1, 0.15) is 49.8 Å². The maximum absolute atomic E-state index is 12.7. The van der Waals surface area contributed by atoms with E-state index in [4.69, 9.17) is 4.74 Å². The molecule has 1 aliphatic heterocycles. The lowest BCUT2D eigenvalue weighted by molar-refractivity contribution is 0.0921. The van der Waals surface area contributed by atoms with E-state index in [0.717, 1.165) is 47.8 Å². The van der Waals surface area contributed by atoms with Gasteiger partial charge in [0.1, 0.15) is 6.61 Å². The first-order valence-corrected chi connectivity index (χ1v) is 11.4. The summed E-state index contributed by atoms with van der Waals surface area (Å²) in [7, 11) is 0. The van der Waals surface area contributed by atoms with E-state index in [1.165, 1.54) is 5.56 Å². The first kappa shape index (κ1) is 22.2. The number of aromatic nitrogens is 1. The van der Waals surface area contributed by atoms with Crippen LogP contribution in [0.5, 0.6) is 0 Å². The third kappa shape index (κ3) is 5.22. The minimum atomic E-state index is -0.805. The Balaban J connectivity index is 1.46. The van der Waals surface area contributed by atoms with Gasteiger partial charge in [-0.25, -0.2) is 4.79 Å². The second-order valence-electron chi connectivity index (χ2n) is 8.90. The summed E-state index contributed by atoms with van der Waals surface area (Å²) < 4.78 is 5.59. The van der Waals surface area contributed by atoms with E-state index in [0.29, 0.717) is 13.0 Å². The number of hydrogen-bond donors (Lipinski definition) is 2. The smallest absolute Gasteiger partial charge is 0.410 e. The highest BCUT2D eigenvalue weighted by Gasteiger charge is 2.30. The molecule has 1 fully saturated rings. The molecule has 32 heavy (non-hydrogen) atoms. The highest BCUT2D eigenvalue weighted by atomic mass is 16.6. The summed E-state index contributed by atoms with van der Waals surface area (Å²) in [5, 5.41) is 11.4. The number of fused-ring (bicyclic) bond motifs is 1. The van der Waals surface area contributed by atoms with Crippen molar-refractivity contribution in [3.05, 3.63) is 77.5 Å². The third-order valence-corrected chi connectivity index (χ3v) is 6.41. The van der Waals surface area contributed by atoms with Crippen LogP contribution in [0.15, 0.2) is 60.8 Å². The van der Waals surface area contributed by atoms with Crippen LogP contribution in [-0.2, 0) is 17.8 Å². The first-order chi connectivity index (χ1) is 15.4. The highest BCUT2D eigenvalue weighted by molar-refractivity contribution is 5.85. The first-order valence-electron chi connectivity index (χ1n) is 11.4. The largest absolute Gasteiger partial charge is 0.445 e. The monoisotopic (exact) mass is 432 g/mol. The standard InChI is InChI=1S/C27H32N2O3/c1-3-27(2,31)14-13-20-11-12-25-24(16-20)22(18-28-25)17-23-10-7-15-29(23)26(30)32-19-21-8-5-4-6-9-21/h4-6,8-9,11-14,16,18,23,28,31H,3,7,10,15,17,19H2,1-2H3/b14-13+/t23-,27?/m1/s1. The molecule has 5 nitrogen and oxygen atoms in total. The van der Waals surface area contributed by atoms with Gasteiger partial charge < -0.3 is 19.7 Å². The van der Waals surface area contributed by atoms with E-state index in [2.05, 4.69) is 17.1 Å². The molecular weight excluding hydrogens is 400 g/mol. The molecule has 0 spiro atoms. The Hall–Kier alpha value is -3.05. The van der Waals surface area contributed by atoms with Gasteiger partial charge in [-0.3, -0.25) is 0 Å². The van der Waals surface area contributed by atoms with Gasteiger partial charge in [0.15, 0.2) is 0 Å². The fourth-order valence-corrected chi connectivity index (χ4v) is 4.21. The molecule has 3 aromatic rings. The van der Waals surface area contributed by atoms with Gasteiger partial charge in [-0.2, -0.15) is 0 Å². The molecule has 0 bridgehead atoms. The maximum Gasteiger partial charge on any atom is 0.410 e. The van der Waals surface area contributed by atoms with Crippen LogP contribution in [0.4, 0.5) is 4.79 Å². The average Bonchev–Trinajstić information content (AvgIpc) is 3.44. The molecule has 2 N–H and O–H groups in total. The van der Waals surface area contributed by atoms with Gasteiger partial charge in [0, 0.05) is 29.7 Å². The Labute approximate surface area is 189 Å². The van der Waals surface area contributed by atoms with E-state index in [1.807, 2.05) is 73.5 Å². The lowest BCUT2D eigenvalue weighted by Gasteiger charge is -2.24. The number of nitrogens with zero attached hydrogens (tertiary/aromatic N) is 1. The average molecular weight is 433 g/mol. The van der Waals surface area contributed by atoms with Gasteiger partial charge in [-0.15, -0.1) is 0 Å². The Bertz CT molecular complexity index is 1080. The fourth-order valence-electron chi connectivity index (χ4n) is 4.21. The minimum Gasteiger partial charge on any atom is -0.445 e. The molecule has 2 aromatic carbocycles. The van der Waals surface area contributed by atoms with Crippen molar-refractivity contribution in [3.63, 3.8) is 0 Å². The summed E-state index contributed by atoms with van der Waals surface area (Å²) in [5.41, 5.74) is 3.52. The zero-order valence-electron chi connectivity index (χ0n) is 18.9. The summed E-state index contributed by atoms with van der Waals surface area (Å²) in [5.74, 6) is 0. The molecule has 5 heteroatoms. The van der Waals surface area contributed by atoms with Crippen molar-refractivity contribution in [2.45, 2.75) is 57.8 Å². The lowest BCUT2D eigenvalue weighted by Crippen LogP contribution is -2.37. The van der Waals surface area contributed by atoms with Gasteiger partial charge in [-0.05, 0) is 61.4 Å². The van der Waals surface area contributed by atoms with Crippen LogP contribution in [0, 0.1) is 0 Å². The molecule has 168 valence electrons. The van der Waals surface area contributed by atoms with E-state index >= 15 is 0 Å². The second kappa shape index (κ2) is 9.61. The zero-order chi connectivity index (χ0) is 22.6. The van der Waals surface area contributed by atoms with Crippen LogP contribution >= 0.6 is 0 Å². The van der Waals surface area contributed by atoms with Gasteiger partial charge in [-0.1, -0.05) is 55.5 Å². The number of aliphatic hydroxyl groups is 1. The van der Waals surface area contributed by atoms with Crippen LogP contribution < -0.4 is 0 Å². The SMILES string of the molecule is CCC(C)(O)/C=C/c1ccc2[nH]cc(C[C@H]3CCCN3C(=O)OCc3ccccc3)c2c1. The minimum absolute atomic E-state index is 0.136. The molecule has 0 radical (unpaired) electrons. The van der Waals surface area contributed by atoms with E-state index in [-0.39, 0.29) is 12.1 Å². The molecule has 0 aliphatic carbocycles. The van der Waals surface area contributed by atoms with Crippen molar-refractivity contribution >= 4 is 23.1 Å². The van der Waals surface area contributed by atoms with E-state index in [9.17, 15) is 9.90 Å².